The molecule has 1 aromatic carbocycles. The summed E-state index contributed by atoms with van der Waals surface area (Å²) >= 11 is 0. The van der Waals surface area contributed by atoms with Gasteiger partial charge in [0.05, 0.1) is 17.9 Å². The molecule has 2 atom stereocenters. The van der Waals surface area contributed by atoms with Crippen LogP contribution in [0, 0.1) is 5.82 Å². The van der Waals surface area contributed by atoms with E-state index in [2.05, 4.69) is 9.68 Å². The molecule has 2 aromatic rings. The molecule has 2 N–H and O–H groups in total. The predicted molar refractivity (Wildman–Crippen MR) is 90.8 cm³/mol. The Balaban J connectivity index is 1.42. The van der Waals surface area contributed by atoms with Gasteiger partial charge in [-0.05, 0) is 29.8 Å². The highest BCUT2D eigenvalue weighted by atomic mass is 19.1. The van der Waals surface area contributed by atoms with Crippen LogP contribution in [-0.2, 0) is 4.74 Å². The molecule has 3 heterocycles. The van der Waals surface area contributed by atoms with Crippen molar-refractivity contribution in [1.82, 2.24) is 5.16 Å². The van der Waals surface area contributed by atoms with Crippen LogP contribution in [0.25, 0.3) is 0 Å². The number of cyclic esters (lactones) is 1. The van der Waals surface area contributed by atoms with Gasteiger partial charge < -0.3 is 24.6 Å². The number of carbonyl (C=O) groups excluding carboxylic acids is 1. The zero-order valence-electron chi connectivity index (χ0n) is 14.0. The number of nitrogens with zero attached hydrogens (tertiary/aromatic N) is 3. The van der Waals surface area contributed by atoms with Gasteiger partial charge in [0, 0.05) is 25.2 Å². The molecule has 9 heteroatoms. The maximum Gasteiger partial charge on any atom is 0.414 e. The van der Waals surface area contributed by atoms with E-state index in [1.165, 1.54) is 17.2 Å². The predicted octanol–water partition coefficient (Wildman–Crippen LogP) is 1.76. The number of hydrogen-bond donors (Lipinski definition) is 1. The van der Waals surface area contributed by atoms with Crippen LogP contribution in [0.15, 0.2) is 35.1 Å². The Morgan fingerprint density at radius 3 is 2.92 bits per heavy atom. The van der Waals surface area contributed by atoms with Crippen LogP contribution in [0.1, 0.15) is 6.42 Å². The normalized spacial score (nSPS) is 22.8. The molecule has 0 radical (unpaired) electrons. The van der Waals surface area contributed by atoms with Crippen molar-refractivity contribution in [3.8, 4) is 5.88 Å². The van der Waals surface area contributed by atoms with Crippen LogP contribution in [-0.4, -0.2) is 49.6 Å². The summed E-state index contributed by atoms with van der Waals surface area (Å²) in [5.74, 6) is -0.0644. The first-order valence-corrected chi connectivity index (χ1v) is 8.41. The van der Waals surface area contributed by atoms with Crippen molar-refractivity contribution in [2.24, 2.45) is 5.73 Å². The Morgan fingerprint density at radius 1 is 1.35 bits per heavy atom. The summed E-state index contributed by atoms with van der Waals surface area (Å²) < 4.78 is 29.9. The largest absolute Gasteiger partial charge is 0.471 e. The molecule has 138 valence electrons. The summed E-state index contributed by atoms with van der Waals surface area (Å²) in [5.41, 5.74) is 6.83. The highest BCUT2D eigenvalue weighted by Crippen LogP contribution is 2.29. The summed E-state index contributed by atoms with van der Waals surface area (Å²) in [6, 6.07) is 6.36. The van der Waals surface area contributed by atoms with Crippen LogP contribution in [0.2, 0.25) is 0 Å². The fourth-order valence-electron chi connectivity index (χ4n) is 3.20. The molecule has 4 rings (SSSR count). The third-order valence-electron chi connectivity index (χ3n) is 4.51. The third kappa shape index (κ3) is 3.30. The zero-order chi connectivity index (χ0) is 18.1. The van der Waals surface area contributed by atoms with Gasteiger partial charge in [-0.2, -0.15) is 0 Å². The summed E-state index contributed by atoms with van der Waals surface area (Å²) in [5, 5.41) is 3.62. The van der Waals surface area contributed by atoms with E-state index >= 15 is 0 Å². The van der Waals surface area contributed by atoms with Crippen molar-refractivity contribution in [2.75, 3.05) is 36.0 Å². The summed E-state index contributed by atoms with van der Waals surface area (Å²) in [4.78, 5) is 15.4. The second kappa shape index (κ2) is 6.83. The fourth-order valence-corrected chi connectivity index (χ4v) is 3.20. The number of ether oxygens (including phenoxy) is 2. The topological polar surface area (TPSA) is 94.1 Å². The summed E-state index contributed by atoms with van der Waals surface area (Å²) in [6.07, 6.45) is 1.22. The average Bonchev–Trinajstić information content (AvgIpc) is 3.34. The smallest absolute Gasteiger partial charge is 0.414 e. The van der Waals surface area contributed by atoms with Gasteiger partial charge >= 0.3 is 6.09 Å². The van der Waals surface area contributed by atoms with Crippen molar-refractivity contribution < 1.29 is 23.2 Å². The van der Waals surface area contributed by atoms with E-state index in [0.29, 0.717) is 23.8 Å². The molecule has 1 amide bonds. The monoisotopic (exact) mass is 362 g/mol. The minimum atomic E-state index is -0.533. The van der Waals surface area contributed by atoms with E-state index in [4.69, 9.17) is 15.2 Å². The molecule has 0 bridgehead atoms. The number of aromatic nitrogens is 1. The van der Waals surface area contributed by atoms with Crippen molar-refractivity contribution in [1.29, 1.82) is 0 Å². The lowest BCUT2D eigenvalue weighted by atomic mass is 10.2. The Morgan fingerprint density at radius 2 is 2.23 bits per heavy atom. The lowest BCUT2D eigenvalue weighted by Crippen LogP contribution is -2.28. The Kier molecular flexibility index (Phi) is 4.37. The number of halogens is 1. The van der Waals surface area contributed by atoms with Gasteiger partial charge in [0.25, 0.3) is 5.88 Å². The number of nitrogens with two attached hydrogens (primary N) is 1. The number of carbonyl (C=O) groups is 1. The van der Waals surface area contributed by atoms with Crippen molar-refractivity contribution in [2.45, 2.75) is 18.6 Å². The number of amides is 1. The van der Waals surface area contributed by atoms with Gasteiger partial charge in [-0.1, -0.05) is 0 Å². The molecule has 8 nitrogen and oxygen atoms in total. The number of rotatable bonds is 5. The van der Waals surface area contributed by atoms with Crippen LogP contribution in [0.3, 0.4) is 0 Å². The molecule has 0 aliphatic carbocycles. The second-order valence-electron chi connectivity index (χ2n) is 6.40. The molecular formula is C17H19FN4O4. The summed E-state index contributed by atoms with van der Waals surface area (Å²) in [6.45, 7) is 1.76. The highest BCUT2D eigenvalue weighted by molar-refractivity contribution is 5.90. The van der Waals surface area contributed by atoms with Crippen molar-refractivity contribution in [3.63, 3.8) is 0 Å². The first kappa shape index (κ1) is 16.6. The lowest BCUT2D eigenvalue weighted by Gasteiger charge is -2.20. The molecule has 26 heavy (non-hydrogen) atoms. The van der Waals surface area contributed by atoms with Gasteiger partial charge in [0.2, 0.25) is 0 Å². The molecule has 0 spiro atoms. The molecule has 2 saturated heterocycles. The van der Waals surface area contributed by atoms with E-state index in [-0.39, 0.29) is 25.0 Å². The number of hydrogen-bond acceptors (Lipinski definition) is 7. The van der Waals surface area contributed by atoms with E-state index < -0.39 is 12.2 Å². The number of benzene rings is 1. The minimum Gasteiger partial charge on any atom is -0.471 e. The van der Waals surface area contributed by atoms with Crippen LogP contribution in [0.5, 0.6) is 5.88 Å². The molecular weight excluding hydrogens is 343 g/mol. The standard InChI is InChI=1S/C17H19FN4O4/c18-14-7-12(1-2-15(14)21-5-3-11(19)8-21)22-9-13(26-17(22)23)10-24-16-4-6-25-20-16/h1-2,4,6-7,11,13H,3,5,8-10,19H2/t11-,13?/m0/s1. The van der Waals surface area contributed by atoms with Gasteiger partial charge in [0.15, 0.2) is 6.10 Å². The van der Waals surface area contributed by atoms with Gasteiger partial charge in [-0.25, -0.2) is 9.18 Å². The highest BCUT2D eigenvalue weighted by Gasteiger charge is 2.33. The lowest BCUT2D eigenvalue weighted by molar-refractivity contribution is 0.102. The fraction of sp³-hybridized carbons (Fsp3) is 0.412. The maximum absolute atomic E-state index is 14.5. The maximum atomic E-state index is 14.5. The average molecular weight is 362 g/mol. The second-order valence-corrected chi connectivity index (χ2v) is 6.40. The van der Waals surface area contributed by atoms with Crippen LogP contribution in [0.4, 0.5) is 20.6 Å². The Bertz CT molecular complexity index is 785. The van der Waals surface area contributed by atoms with Crippen LogP contribution < -0.4 is 20.3 Å². The molecule has 1 aromatic heterocycles. The zero-order valence-corrected chi connectivity index (χ0v) is 14.0. The molecule has 2 aliphatic heterocycles. The first-order valence-electron chi connectivity index (χ1n) is 8.41. The molecule has 0 saturated carbocycles. The van der Waals surface area contributed by atoms with Crippen molar-refractivity contribution >= 4 is 17.5 Å². The Hall–Kier alpha value is -2.81. The van der Waals surface area contributed by atoms with E-state index in [9.17, 15) is 9.18 Å². The van der Waals surface area contributed by atoms with Crippen molar-refractivity contribution in [3.05, 3.63) is 36.3 Å². The SMILES string of the molecule is N[C@H]1CCN(c2ccc(N3CC(COc4ccon4)OC3=O)cc2F)C1. The Labute approximate surface area is 149 Å². The van der Waals surface area contributed by atoms with Gasteiger partial charge in [0.1, 0.15) is 18.7 Å². The molecule has 2 aliphatic rings. The van der Waals surface area contributed by atoms with E-state index in [1.807, 2.05) is 4.90 Å². The quantitative estimate of drug-likeness (QED) is 0.866. The third-order valence-corrected chi connectivity index (χ3v) is 4.51. The van der Waals surface area contributed by atoms with Gasteiger partial charge in [-0.15, -0.1) is 0 Å². The molecule has 2 fully saturated rings. The minimum absolute atomic E-state index is 0.0631. The number of anilines is 2. The van der Waals surface area contributed by atoms with Gasteiger partial charge in [-0.3, -0.25) is 4.90 Å². The molecule has 1 unspecified atom stereocenters. The first-order chi connectivity index (χ1) is 12.6. The van der Waals surface area contributed by atoms with E-state index in [1.54, 1.807) is 18.2 Å². The van der Waals surface area contributed by atoms with Crippen LogP contribution >= 0.6 is 0 Å². The van der Waals surface area contributed by atoms with E-state index in [0.717, 1.165) is 13.0 Å². The summed E-state index contributed by atoms with van der Waals surface area (Å²) in [7, 11) is 0.